The first-order chi connectivity index (χ1) is 10.1. The number of carbonyl (C=O) groups excluding carboxylic acids is 1. The Morgan fingerprint density at radius 2 is 2.05 bits per heavy atom. The molecule has 2 N–H and O–H groups in total. The third kappa shape index (κ3) is 3.80. The number of fused-ring (bicyclic) bond motifs is 1. The van der Waals surface area contributed by atoms with Gasteiger partial charge in [-0.15, -0.1) is 0 Å². The Labute approximate surface area is 132 Å². The molecule has 1 unspecified atom stereocenters. The lowest BCUT2D eigenvalue weighted by Crippen LogP contribution is -2.46. The molecule has 0 radical (unpaired) electrons. The van der Waals surface area contributed by atoms with Gasteiger partial charge in [0.1, 0.15) is 0 Å². The summed E-state index contributed by atoms with van der Waals surface area (Å²) >= 11 is 1.91. The standard InChI is InChI=1S/C17H26N2OS/c1-4-17(5-2,21-3)12-18-15-11-10-13-8-6-7-9-14(13)19-16(15)20/h6-9,15,18H,4-5,10-12H2,1-3H3,(H,19,20). The van der Waals surface area contributed by atoms with E-state index in [1.807, 2.05) is 30.0 Å². The minimum absolute atomic E-state index is 0.0953. The molecule has 0 saturated carbocycles. The van der Waals surface area contributed by atoms with Crippen molar-refractivity contribution in [2.75, 3.05) is 18.1 Å². The molecule has 1 atom stereocenters. The topological polar surface area (TPSA) is 41.1 Å². The van der Waals surface area contributed by atoms with E-state index in [0.29, 0.717) is 0 Å². The molecular weight excluding hydrogens is 280 g/mol. The van der Waals surface area contributed by atoms with Gasteiger partial charge in [0.2, 0.25) is 5.91 Å². The zero-order chi connectivity index (χ0) is 15.3. The van der Waals surface area contributed by atoms with Crippen molar-refractivity contribution in [1.29, 1.82) is 0 Å². The second kappa shape index (κ2) is 7.32. The van der Waals surface area contributed by atoms with Crippen molar-refractivity contribution in [1.82, 2.24) is 5.32 Å². The van der Waals surface area contributed by atoms with Crippen molar-refractivity contribution in [3.05, 3.63) is 29.8 Å². The van der Waals surface area contributed by atoms with Crippen LogP contribution in [-0.2, 0) is 11.2 Å². The van der Waals surface area contributed by atoms with Gasteiger partial charge >= 0.3 is 0 Å². The molecule has 1 aromatic rings. The zero-order valence-electron chi connectivity index (χ0n) is 13.2. The Bertz CT molecular complexity index is 477. The van der Waals surface area contributed by atoms with E-state index in [1.165, 1.54) is 5.56 Å². The summed E-state index contributed by atoms with van der Waals surface area (Å²) in [5, 5.41) is 6.56. The zero-order valence-corrected chi connectivity index (χ0v) is 14.1. The normalized spacial score (nSPS) is 18.8. The third-order valence-electron chi connectivity index (χ3n) is 4.69. The van der Waals surface area contributed by atoms with Gasteiger partial charge in [0.15, 0.2) is 0 Å². The minimum atomic E-state index is -0.0953. The molecule has 21 heavy (non-hydrogen) atoms. The second-order valence-corrected chi connectivity index (χ2v) is 6.99. The van der Waals surface area contributed by atoms with Crippen LogP contribution in [0.3, 0.4) is 0 Å². The van der Waals surface area contributed by atoms with Gasteiger partial charge in [0, 0.05) is 17.0 Å². The Kier molecular flexibility index (Phi) is 5.71. The van der Waals surface area contributed by atoms with Gasteiger partial charge in [-0.1, -0.05) is 32.0 Å². The Hall–Kier alpha value is -1.000. The maximum atomic E-state index is 12.4. The van der Waals surface area contributed by atoms with Crippen LogP contribution in [-0.4, -0.2) is 29.5 Å². The summed E-state index contributed by atoms with van der Waals surface area (Å²) in [5.74, 6) is 0.0992. The summed E-state index contributed by atoms with van der Waals surface area (Å²) in [6.07, 6.45) is 6.20. The number of hydrogen-bond donors (Lipinski definition) is 2. The van der Waals surface area contributed by atoms with E-state index in [1.54, 1.807) is 0 Å². The molecule has 2 rings (SSSR count). The minimum Gasteiger partial charge on any atom is -0.324 e. The fourth-order valence-electron chi connectivity index (χ4n) is 2.88. The number of rotatable bonds is 6. The average molecular weight is 306 g/mol. The van der Waals surface area contributed by atoms with Crippen LogP contribution in [0, 0.1) is 0 Å². The first-order valence-corrected chi connectivity index (χ1v) is 9.04. The van der Waals surface area contributed by atoms with E-state index in [2.05, 4.69) is 36.8 Å². The highest BCUT2D eigenvalue weighted by Gasteiger charge is 2.29. The highest BCUT2D eigenvalue weighted by molar-refractivity contribution is 8.00. The smallest absolute Gasteiger partial charge is 0.241 e. The summed E-state index contributed by atoms with van der Waals surface area (Å²) < 4.78 is 0.236. The van der Waals surface area contributed by atoms with Crippen molar-refractivity contribution < 1.29 is 4.79 Å². The van der Waals surface area contributed by atoms with Crippen LogP contribution in [0.25, 0.3) is 0 Å². The summed E-state index contributed by atoms with van der Waals surface area (Å²) in [6, 6.07) is 8.00. The van der Waals surface area contributed by atoms with Crippen LogP contribution in [0.1, 0.15) is 38.7 Å². The molecule has 0 saturated heterocycles. The van der Waals surface area contributed by atoms with Crippen molar-refractivity contribution >= 4 is 23.4 Å². The predicted molar refractivity (Wildman–Crippen MR) is 92.0 cm³/mol. The van der Waals surface area contributed by atoms with Crippen LogP contribution in [0.5, 0.6) is 0 Å². The highest BCUT2D eigenvalue weighted by atomic mass is 32.2. The fraction of sp³-hybridized carbons (Fsp3) is 0.588. The van der Waals surface area contributed by atoms with E-state index in [-0.39, 0.29) is 16.7 Å². The SMILES string of the molecule is CCC(CC)(CNC1CCc2ccccc2NC1=O)SC. The van der Waals surface area contributed by atoms with Crippen LogP contribution >= 0.6 is 11.8 Å². The number of hydrogen-bond acceptors (Lipinski definition) is 3. The van der Waals surface area contributed by atoms with Crippen molar-refractivity contribution in [3.63, 3.8) is 0 Å². The molecule has 1 aliphatic rings. The molecule has 0 aromatic heterocycles. The number of nitrogens with one attached hydrogen (secondary N) is 2. The highest BCUT2D eigenvalue weighted by Crippen LogP contribution is 2.30. The Balaban J connectivity index is 2.01. The number of amides is 1. The molecular formula is C17H26N2OS. The summed E-state index contributed by atoms with van der Waals surface area (Å²) in [7, 11) is 0. The average Bonchev–Trinajstić information content (AvgIpc) is 2.68. The molecule has 116 valence electrons. The third-order valence-corrected chi connectivity index (χ3v) is 6.27. The number of aryl methyl sites for hydroxylation is 1. The molecule has 1 aromatic carbocycles. The van der Waals surface area contributed by atoms with Crippen LogP contribution < -0.4 is 10.6 Å². The maximum absolute atomic E-state index is 12.4. The molecule has 1 heterocycles. The molecule has 0 bridgehead atoms. The summed E-state index contributed by atoms with van der Waals surface area (Å²) in [6.45, 7) is 5.34. The molecule has 3 nitrogen and oxygen atoms in total. The van der Waals surface area contributed by atoms with Gasteiger partial charge in [-0.25, -0.2) is 0 Å². The van der Waals surface area contributed by atoms with Gasteiger partial charge < -0.3 is 10.6 Å². The molecule has 0 spiro atoms. The van der Waals surface area contributed by atoms with Gasteiger partial charge in [-0.2, -0.15) is 11.8 Å². The summed E-state index contributed by atoms with van der Waals surface area (Å²) in [4.78, 5) is 12.4. The molecule has 4 heteroatoms. The van der Waals surface area contributed by atoms with Crippen molar-refractivity contribution in [3.8, 4) is 0 Å². The first kappa shape index (κ1) is 16.4. The number of thioether (sulfide) groups is 1. The number of para-hydroxylation sites is 1. The van der Waals surface area contributed by atoms with E-state index in [4.69, 9.17) is 0 Å². The molecule has 0 fully saturated rings. The summed E-state index contributed by atoms with van der Waals surface area (Å²) in [5.41, 5.74) is 2.20. The monoisotopic (exact) mass is 306 g/mol. The van der Waals surface area contributed by atoms with E-state index < -0.39 is 0 Å². The lowest BCUT2D eigenvalue weighted by molar-refractivity contribution is -0.118. The van der Waals surface area contributed by atoms with Crippen molar-refractivity contribution in [2.24, 2.45) is 0 Å². The van der Waals surface area contributed by atoms with Gasteiger partial charge in [0.25, 0.3) is 0 Å². The number of benzene rings is 1. The van der Waals surface area contributed by atoms with E-state index in [0.717, 1.165) is 37.9 Å². The lowest BCUT2D eigenvalue weighted by atomic mass is 10.0. The lowest BCUT2D eigenvalue weighted by Gasteiger charge is -2.31. The largest absolute Gasteiger partial charge is 0.324 e. The number of anilines is 1. The predicted octanol–water partition coefficient (Wildman–Crippen LogP) is 3.45. The first-order valence-electron chi connectivity index (χ1n) is 7.81. The van der Waals surface area contributed by atoms with Crippen LogP contribution in [0.4, 0.5) is 5.69 Å². The maximum Gasteiger partial charge on any atom is 0.241 e. The van der Waals surface area contributed by atoms with Gasteiger partial charge in [0.05, 0.1) is 6.04 Å². The molecule has 1 aliphatic heterocycles. The Morgan fingerprint density at radius 3 is 2.71 bits per heavy atom. The Morgan fingerprint density at radius 1 is 1.33 bits per heavy atom. The van der Waals surface area contributed by atoms with Crippen molar-refractivity contribution in [2.45, 2.75) is 50.3 Å². The van der Waals surface area contributed by atoms with Gasteiger partial charge in [-0.05, 0) is 43.6 Å². The molecule has 0 aliphatic carbocycles. The van der Waals surface area contributed by atoms with E-state index in [9.17, 15) is 4.79 Å². The van der Waals surface area contributed by atoms with Crippen LogP contribution in [0.15, 0.2) is 24.3 Å². The second-order valence-electron chi connectivity index (χ2n) is 5.71. The van der Waals surface area contributed by atoms with E-state index >= 15 is 0 Å². The quantitative estimate of drug-likeness (QED) is 0.846. The molecule has 1 amide bonds. The fourth-order valence-corrected chi connectivity index (χ4v) is 3.68. The number of carbonyl (C=O) groups is 1. The van der Waals surface area contributed by atoms with Crippen LogP contribution in [0.2, 0.25) is 0 Å². The van der Waals surface area contributed by atoms with Gasteiger partial charge in [-0.3, -0.25) is 4.79 Å².